The Bertz CT molecular complexity index is 382. The number of aromatic nitrogens is 1. The Morgan fingerprint density at radius 3 is 2.84 bits per heavy atom. The van der Waals surface area contributed by atoms with E-state index in [-0.39, 0.29) is 0 Å². The molecule has 1 saturated heterocycles. The topological polar surface area (TPSA) is 28.2 Å². The molecule has 0 saturated carbocycles. The fourth-order valence-electron chi connectivity index (χ4n) is 2.45. The Morgan fingerprint density at radius 1 is 1.42 bits per heavy atom. The van der Waals surface area contributed by atoms with Crippen LogP contribution in [0.3, 0.4) is 0 Å². The van der Waals surface area contributed by atoms with Crippen molar-refractivity contribution in [2.75, 3.05) is 30.3 Å². The summed E-state index contributed by atoms with van der Waals surface area (Å²) in [6.07, 6.45) is 4.74. The van der Waals surface area contributed by atoms with E-state index < -0.39 is 0 Å². The molecule has 1 fully saturated rings. The molecule has 0 aliphatic carbocycles. The number of rotatable bonds is 7. The van der Waals surface area contributed by atoms with Gasteiger partial charge in [-0.25, -0.2) is 4.98 Å². The average molecular weight is 300 g/mol. The monoisotopic (exact) mass is 299 g/mol. The van der Waals surface area contributed by atoms with Crippen LogP contribution in [0, 0.1) is 0 Å². The lowest BCUT2D eigenvalue weighted by atomic mass is 10.1. The molecular weight excluding hydrogens is 274 g/mol. The second-order valence-corrected chi connectivity index (χ2v) is 8.06. The van der Waals surface area contributed by atoms with Gasteiger partial charge in [-0.15, -0.1) is 11.3 Å². The molecule has 1 aromatic rings. The highest BCUT2D eigenvalue weighted by molar-refractivity contribution is 8.00. The summed E-state index contributed by atoms with van der Waals surface area (Å²) in [7, 11) is 0. The van der Waals surface area contributed by atoms with Crippen LogP contribution in [0.5, 0.6) is 0 Å². The molecule has 1 aliphatic heterocycles. The Hall–Kier alpha value is -0.260. The quantitative estimate of drug-likeness (QED) is 0.835. The summed E-state index contributed by atoms with van der Waals surface area (Å²) in [5.74, 6) is 1.32. The molecule has 1 aliphatic rings. The first-order valence-corrected chi connectivity index (χ1v) is 9.01. The highest BCUT2D eigenvalue weighted by Gasteiger charge is 2.28. The molecule has 1 unspecified atom stereocenters. The number of thioether (sulfide) groups is 1. The minimum Gasteiger partial charge on any atom is -0.349 e. The normalized spacial score (nSPS) is 22.9. The lowest BCUT2D eigenvalue weighted by molar-refractivity contribution is 0.539. The molecule has 0 bridgehead atoms. The van der Waals surface area contributed by atoms with Crippen molar-refractivity contribution in [2.24, 2.45) is 0 Å². The van der Waals surface area contributed by atoms with Crippen molar-refractivity contribution in [1.82, 2.24) is 10.3 Å². The van der Waals surface area contributed by atoms with Crippen molar-refractivity contribution in [3.05, 3.63) is 11.1 Å². The molecule has 0 radical (unpaired) electrons. The van der Waals surface area contributed by atoms with Crippen molar-refractivity contribution < 1.29 is 0 Å². The van der Waals surface area contributed by atoms with Gasteiger partial charge in [0, 0.05) is 42.0 Å². The molecule has 0 spiro atoms. The largest absolute Gasteiger partial charge is 0.349 e. The molecule has 1 aromatic heterocycles. The summed E-state index contributed by atoms with van der Waals surface area (Å²) in [4.78, 5) is 8.17. The van der Waals surface area contributed by atoms with Crippen LogP contribution in [0.15, 0.2) is 6.20 Å². The maximum Gasteiger partial charge on any atom is 0.185 e. The van der Waals surface area contributed by atoms with Crippen molar-refractivity contribution in [2.45, 2.75) is 44.9 Å². The molecular formula is C14H25N3S2. The first kappa shape index (κ1) is 15.1. The molecule has 0 aromatic carbocycles. The van der Waals surface area contributed by atoms with Gasteiger partial charge in [0.1, 0.15) is 0 Å². The number of hydrogen-bond acceptors (Lipinski definition) is 5. The maximum absolute atomic E-state index is 4.53. The van der Waals surface area contributed by atoms with E-state index in [1.165, 1.54) is 23.5 Å². The number of nitrogens with zero attached hydrogens (tertiary/aromatic N) is 2. The summed E-state index contributed by atoms with van der Waals surface area (Å²) in [5, 5.41) is 4.76. The van der Waals surface area contributed by atoms with Crippen molar-refractivity contribution >= 4 is 28.2 Å². The Balaban J connectivity index is 1.80. The summed E-state index contributed by atoms with van der Waals surface area (Å²) in [6, 6.07) is 0. The highest BCUT2D eigenvalue weighted by Crippen LogP contribution is 2.37. The molecule has 1 N–H and O–H groups in total. The molecule has 108 valence electrons. The van der Waals surface area contributed by atoms with Crippen molar-refractivity contribution in [3.63, 3.8) is 0 Å². The third-order valence-corrected chi connectivity index (χ3v) is 6.27. The fourth-order valence-corrected chi connectivity index (χ4v) is 4.73. The van der Waals surface area contributed by atoms with Gasteiger partial charge in [-0.3, -0.25) is 0 Å². The van der Waals surface area contributed by atoms with Crippen molar-refractivity contribution in [1.29, 1.82) is 0 Å². The number of anilines is 1. The Morgan fingerprint density at radius 2 is 2.21 bits per heavy atom. The van der Waals surface area contributed by atoms with Gasteiger partial charge < -0.3 is 10.2 Å². The molecule has 2 heterocycles. The van der Waals surface area contributed by atoms with Crippen LogP contribution >= 0.6 is 23.1 Å². The second-order valence-electron chi connectivity index (χ2n) is 5.29. The summed E-state index contributed by atoms with van der Waals surface area (Å²) >= 11 is 3.93. The van der Waals surface area contributed by atoms with E-state index in [1.54, 1.807) is 0 Å². The Labute approximate surface area is 125 Å². The number of hydrogen-bond donors (Lipinski definition) is 1. The van der Waals surface area contributed by atoms with Gasteiger partial charge in [0.05, 0.1) is 0 Å². The van der Waals surface area contributed by atoms with Gasteiger partial charge in [0.15, 0.2) is 5.13 Å². The number of thiazole rings is 1. The first-order chi connectivity index (χ1) is 9.17. The Kier molecular flexibility index (Phi) is 5.54. The zero-order valence-corrected chi connectivity index (χ0v) is 13.9. The van der Waals surface area contributed by atoms with Gasteiger partial charge in [-0.05, 0) is 39.4 Å². The first-order valence-electron chi connectivity index (χ1n) is 7.21. The highest BCUT2D eigenvalue weighted by atomic mass is 32.2. The molecule has 3 nitrogen and oxygen atoms in total. The second kappa shape index (κ2) is 6.95. The van der Waals surface area contributed by atoms with Gasteiger partial charge >= 0.3 is 0 Å². The standard InChI is InChI=1S/C14H25N3S2/c1-4-17(5-2)13-16-10-12(19-13)9-15-11-14(3)7-6-8-18-14/h10,15H,4-9,11H2,1-3H3. The predicted octanol–water partition coefficient (Wildman–Crippen LogP) is 3.36. The van der Waals surface area contributed by atoms with Crippen molar-refractivity contribution in [3.8, 4) is 0 Å². The third kappa shape index (κ3) is 4.10. The zero-order valence-electron chi connectivity index (χ0n) is 12.2. The lowest BCUT2D eigenvalue weighted by Gasteiger charge is -2.22. The summed E-state index contributed by atoms with van der Waals surface area (Å²) in [5.41, 5.74) is 0. The summed E-state index contributed by atoms with van der Waals surface area (Å²) in [6.45, 7) is 10.9. The fraction of sp³-hybridized carbons (Fsp3) is 0.786. The van der Waals surface area contributed by atoms with E-state index in [2.05, 4.69) is 47.7 Å². The molecule has 0 amide bonds. The van der Waals surface area contributed by atoms with E-state index in [1.807, 2.05) is 17.5 Å². The van der Waals surface area contributed by atoms with Crippen LogP contribution in [-0.2, 0) is 6.54 Å². The summed E-state index contributed by atoms with van der Waals surface area (Å²) < 4.78 is 0.451. The third-order valence-electron chi connectivity index (χ3n) is 3.67. The molecule has 5 heteroatoms. The van der Waals surface area contributed by atoms with E-state index in [0.717, 1.165) is 31.3 Å². The molecule has 1 atom stereocenters. The molecule has 2 rings (SSSR count). The SMILES string of the molecule is CCN(CC)c1ncc(CNCC2(C)CCCS2)s1. The van der Waals surface area contributed by atoms with Crippen LogP contribution in [0.25, 0.3) is 0 Å². The van der Waals surface area contributed by atoms with Crippen LogP contribution in [-0.4, -0.2) is 35.1 Å². The maximum atomic E-state index is 4.53. The lowest BCUT2D eigenvalue weighted by Crippen LogP contribution is -2.32. The predicted molar refractivity (Wildman–Crippen MR) is 87.5 cm³/mol. The van der Waals surface area contributed by atoms with E-state index in [0.29, 0.717) is 4.75 Å². The van der Waals surface area contributed by atoms with Gasteiger partial charge in [-0.2, -0.15) is 11.8 Å². The average Bonchev–Trinajstić information content (AvgIpc) is 3.01. The van der Waals surface area contributed by atoms with Gasteiger partial charge in [0.2, 0.25) is 0 Å². The van der Waals surface area contributed by atoms with Gasteiger partial charge in [-0.1, -0.05) is 0 Å². The van der Waals surface area contributed by atoms with Crippen LogP contribution < -0.4 is 10.2 Å². The van der Waals surface area contributed by atoms with Gasteiger partial charge in [0.25, 0.3) is 0 Å². The van der Waals surface area contributed by atoms with Crippen LogP contribution in [0.2, 0.25) is 0 Å². The van der Waals surface area contributed by atoms with Crippen LogP contribution in [0.4, 0.5) is 5.13 Å². The van der Waals surface area contributed by atoms with E-state index >= 15 is 0 Å². The van der Waals surface area contributed by atoms with E-state index in [9.17, 15) is 0 Å². The minimum atomic E-state index is 0.451. The van der Waals surface area contributed by atoms with Crippen LogP contribution in [0.1, 0.15) is 38.5 Å². The minimum absolute atomic E-state index is 0.451. The molecule has 19 heavy (non-hydrogen) atoms. The zero-order chi connectivity index (χ0) is 13.7. The van der Waals surface area contributed by atoms with E-state index in [4.69, 9.17) is 0 Å². The smallest absolute Gasteiger partial charge is 0.185 e. The number of nitrogens with one attached hydrogen (secondary N) is 1.